The number of rotatable bonds is 2. The largest absolute Gasteiger partial charge is 0.466 e. The molecule has 1 atom stereocenters. The first-order valence-corrected chi connectivity index (χ1v) is 5.43. The Morgan fingerprint density at radius 3 is 2.57 bits per heavy atom. The third-order valence-corrected chi connectivity index (χ3v) is 3.46. The molecular weight excluding hydrogens is 316 g/mol. The van der Waals surface area contributed by atoms with Crippen LogP contribution >= 0.6 is 31.9 Å². The fraction of sp³-hybridized carbons (Fsp3) is 0.111. The molecule has 0 aliphatic heterocycles. The highest BCUT2D eigenvalue weighted by molar-refractivity contribution is 9.13. The quantitative estimate of drug-likeness (QED) is 0.921. The highest BCUT2D eigenvalue weighted by Crippen LogP contribution is 2.32. The van der Waals surface area contributed by atoms with E-state index in [4.69, 9.17) is 8.83 Å². The molecule has 0 saturated carbocycles. The van der Waals surface area contributed by atoms with Crippen LogP contribution in [0.3, 0.4) is 0 Å². The van der Waals surface area contributed by atoms with Crippen molar-refractivity contribution in [3.63, 3.8) is 0 Å². The van der Waals surface area contributed by atoms with Crippen LogP contribution in [0.4, 0.5) is 0 Å². The molecule has 0 aliphatic carbocycles. The SMILES string of the molecule is OC(c1ccco1)c1cc(Br)c(Br)o1. The van der Waals surface area contributed by atoms with Crippen LogP contribution in [0.1, 0.15) is 17.6 Å². The van der Waals surface area contributed by atoms with Crippen molar-refractivity contribution in [2.24, 2.45) is 0 Å². The predicted octanol–water partition coefficient (Wildman–Crippen LogP) is 3.48. The second kappa shape index (κ2) is 3.92. The summed E-state index contributed by atoms with van der Waals surface area (Å²) in [5.74, 6) is 0.887. The normalized spacial score (nSPS) is 13.1. The van der Waals surface area contributed by atoms with Gasteiger partial charge < -0.3 is 13.9 Å². The second-order valence-electron chi connectivity index (χ2n) is 2.69. The molecule has 74 valence electrons. The molecular formula is C9H6Br2O3. The third-order valence-electron chi connectivity index (χ3n) is 1.75. The third kappa shape index (κ3) is 1.80. The Balaban J connectivity index is 2.32. The van der Waals surface area contributed by atoms with E-state index in [-0.39, 0.29) is 0 Å². The van der Waals surface area contributed by atoms with E-state index in [0.29, 0.717) is 16.2 Å². The van der Waals surface area contributed by atoms with Gasteiger partial charge in [-0.25, -0.2) is 0 Å². The summed E-state index contributed by atoms with van der Waals surface area (Å²) in [6, 6.07) is 5.10. The Labute approximate surface area is 97.0 Å². The van der Waals surface area contributed by atoms with Crippen LogP contribution in [0.5, 0.6) is 0 Å². The van der Waals surface area contributed by atoms with Crippen LogP contribution in [0.15, 0.2) is 42.4 Å². The Hall–Kier alpha value is -0.520. The van der Waals surface area contributed by atoms with Crippen LogP contribution in [-0.2, 0) is 0 Å². The number of aliphatic hydroxyl groups is 1. The van der Waals surface area contributed by atoms with E-state index in [1.165, 1.54) is 6.26 Å². The summed E-state index contributed by atoms with van der Waals surface area (Å²) in [6.07, 6.45) is 0.638. The molecule has 2 rings (SSSR count). The molecule has 2 heterocycles. The minimum Gasteiger partial charge on any atom is -0.466 e. The molecule has 1 N–H and O–H groups in total. The summed E-state index contributed by atoms with van der Waals surface area (Å²) >= 11 is 6.46. The molecule has 5 heteroatoms. The van der Waals surface area contributed by atoms with Crippen molar-refractivity contribution in [1.29, 1.82) is 0 Å². The van der Waals surface area contributed by atoms with Crippen molar-refractivity contribution >= 4 is 31.9 Å². The molecule has 3 nitrogen and oxygen atoms in total. The maximum Gasteiger partial charge on any atom is 0.183 e. The lowest BCUT2D eigenvalue weighted by Crippen LogP contribution is -1.95. The smallest absolute Gasteiger partial charge is 0.183 e. The molecule has 0 saturated heterocycles. The fourth-order valence-electron chi connectivity index (χ4n) is 1.09. The zero-order valence-corrected chi connectivity index (χ0v) is 10.1. The topological polar surface area (TPSA) is 46.5 Å². The zero-order chi connectivity index (χ0) is 10.1. The van der Waals surface area contributed by atoms with E-state index < -0.39 is 6.10 Å². The lowest BCUT2D eigenvalue weighted by atomic mass is 10.2. The maximum absolute atomic E-state index is 9.79. The van der Waals surface area contributed by atoms with Gasteiger partial charge in [0.25, 0.3) is 0 Å². The average Bonchev–Trinajstić information content (AvgIpc) is 2.76. The lowest BCUT2D eigenvalue weighted by molar-refractivity contribution is 0.161. The van der Waals surface area contributed by atoms with E-state index in [2.05, 4.69) is 31.9 Å². The molecule has 0 bridgehead atoms. The van der Waals surface area contributed by atoms with Gasteiger partial charge in [0.2, 0.25) is 0 Å². The van der Waals surface area contributed by atoms with Crippen molar-refractivity contribution in [3.8, 4) is 0 Å². The summed E-state index contributed by atoms with van der Waals surface area (Å²) in [5.41, 5.74) is 0. The van der Waals surface area contributed by atoms with Gasteiger partial charge in [-0.3, -0.25) is 0 Å². The standard InChI is InChI=1S/C9H6Br2O3/c10-5-4-7(14-9(5)11)8(12)6-2-1-3-13-6/h1-4,8,12H. The van der Waals surface area contributed by atoms with Gasteiger partial charge in [-0.05, 0) is 50.1 Å². The van der Waals surface area contributed by atoms with Gasteiger partial charge in [-0.2, -0.15) is 0 Å². The van der Waals surface area contributed by atoms with Crippen LogP contribution in [0, 0.1) is 0 Å². The van der Waals surface area contributed by atoms with Crippen molar-refractivity contribution < 1.29 is 13.9 Å². The van der Waals surface area contributed by atoms with E-state index in [0.717, 1.165) is 4.47 Å². The second-order valence-corrected chi connectivity index (χ2v) is 4.26. The minimum absolute atomic E-state index is 0.429. The van der Waals surface area contributed by atoms with E-state index in [1.54, 1.807) is 18.2 Å². The zero-order valence-electron chi connectivity index (χ0n) is 6.91. The minimum atomic E-state index is -0.868. The highest BCUT2D eigenvalue weighted by atomic mass is 79.9. The van der Waals surface area contributed by atoms with Gasteiger partial charge in [0.05, 0.1) is 10.7 Å². The van der Waals surface area contributed by atoms with Crippen molar-refractivity contribution in [3.05, 3.63) is 45.1 Å². The Bertz CT molecular complexity index is 400. The summed E-state index contributed by atoms with van der Waals surface area (Å²) in [5, 5.41) is 9.79. The Kier molecular flexibility index (Phi) is 2.80. The molecule has 2 aromatic rings. The van der Waals surface area contributed by atoms with E-state index >= 15 is 0 Å². The predicted molar refractivity (Wildman–Crippen MR) is 56.9 cm³/mol. The fourth-order valence-corrected chi connectivity index (χ4v) is 1.69. The van der Waals surface area contributed by atoms with Crippen molar-refractivity contribution in [2.75, 3.05) is 0 Å². The molecule has 1 unspecified atom stereocenters. The summed E-state index contributed by atoms with van der Waals surface area (Å²) in [4.78, 5) is 0. The van der Waals surface area contributed by atoms with Gasteiger partial charge in [0.1, 0.15) is 11.5 Å². The van der Waals surface area contributed by atoms with E-state index in [1.807, 2.05) is 0 Å². The summed E-state index contributed by atoms with van der Waals surface area (Å²) < 4.78 is 11.6. The highest BCUT2D eigenvalue weighted by Gasteiger charge is 2.18. The summed E-state index contributed by atoms with van der Waals surface area (Å²) in [7, 11) is 0. The van der Waals surface area contributed by atoms with Crippen LogP contribution in [0.2, 0.25) is 0 Å². The molecule has 0 aromatic carbocycles. The Morgan fingerprint density at radius 1 is 1.29 bits per heavy atom. The molecule has 2 aromatic heterocycles. The average molecular weight is 322 g/mol. The van der Waals surface area contributed by atoms with Gasteiger partial charge in [0, 0.05) is 0 Å². The molecule has 14 heavy (non-hydrogen) atoms. The van der Waals surface area contributed by atoms with Crippen LogP contribution in [-0.4, -0.2) is 5.11 Å². The summed E-state index contributed by atoms with van der Waals surface area (Å²) in [6.45, 7) is 0. The molecule has 0 aliphatic rings. The lowest BCUT2D eigenvalue weighted by Gasteiger charge is -2.02. The van der Waals surface area contributed by atoms with Crippen molar-refractivity contribution in [2.45, 2.75) is 6.10 Å². The van der Waals surface area contributed by atoms with Gasteiger partial charge in [0.15, 0.2) is 10.8 Å². The Morgan fingerprint density at radius 2 is 2.07 bits per heavy atom. The molecule has 0 radical (unpaired) electrons. The van der Waals surface area contributed by atoms with Gasteiger partial charge in [-0.15, -0.1) is 0 Å². The number of halogens is 2. The molecule has 0 fully saturated rings. The van der Waals surface area contributed by atoms with Crippen LogP contribution < -0.4 is 0 Å². The number of furan rings is 2. The van der Waals surface area contributed by atoms with E-state index in [9.17, 15) is 5.11 Å². The van der Waals surface area contributed by atoms with Gasteiger partial charge in [-0.1, -0.05) is 0 Å². The maximum atomic E-state index is 9.79. The molecule has 0 spiro atoms. The monoisotopic (exact) mass is 320 g/mol. The number of aliphatic hydroxyl groups excluding tert-OH is 1. The number of hydrogen-bond acceptors (Lipinski definition) is 3. The van der Waals surface area contributed by atoms with Crippen molar-refractivity contribution in [1.82, 2.24) is 0 Å². The first-order valence-electron chi connectivity index (χ1n) is 3.84. The first-order chi connectivity index (χ1) is 6.68. The first kappa shape index (κ1) is 10.0. The van der Waals surface area contributed by atoms with Crippen LogP contribution in [0.25, 0.3) is 0 Å². The number of hydrogen-bond donors (Lipinski definition) is 1. The van der Waals surface area contributed by atoms with Gasteiger partial charge >= 0.3 is 0 Å². The molecule has 0 amide bonds.